The molecule has 8 heteroatoms. The van der Waals surface area contributed by atoms with E-state index in [2.05, 4.69) is 31.2 Å². The Morgan fingerprint density at radius 2 is 1.97 bits per heavy atom. The van der Waals surface area contributed by atoms with Crippen molar-refractivity contribution >= 4 is 50.4 Å². The second-order valence-corrected chi connectivity index (χ2v) is 8.02. The molecule has 148 valence electrons. The number of hydrogen-bond acceptors (Lipinski definition) is 3. The van der Waals surface area contributed by atoms with Gasteiger partial charge in [-0.2, -0.15) is 0 Å². The van der Waals surface area contributed by atoms with Gasteiger partial charge >= 0.3 is 0 Å². The third-order valence-corrected chi connectivity index (χ3v) is 5.60. The Balaban J connectivity index is 1.36. The van der Waals surface area contributed by atoms with Gasteiger partial charge in [0.25, 0.3) is 11.8 Å². The van der Waals surface area contributed by atoms with Gasteiger partial charge in [0.05, 0.1) is 16.6 Å². The zero-order chi connectivity index (χ0) is 20.4. The number of benzene rings is 2. The highest BCUT2D eigenvalue weighted by atomic mass is 79.9. The number of amides is 2. The molecule has 0 atom stereocenters. The van der Waals surface area contributed by atoms with Crippen LogP contribution in [0.5, 0.6) is 0 Å². The van der Waals surface area contributed by atoms with Crippen LogP contribution < -0.4 is 5.32 Å². The molecule has 29 heavy (non-hydrogen) atoms. The van der Waals surface area contributed by atoms with Crippen LogP contribution in [0.25, 0.3) is 11.0 Å². The molecular weight excluding hydrogens is 456 g/mol. The summed E-state index contributed by atoms with van der Waals surface area (Å²) in [5.41, 5.74) is 2.75. The number of H-pyrrole nitrogens is 1. The van der Waals surface area contributed by atoms with Crippen LogP contribution in [0.15, 0.2) is 53.0 Å². The van der Waals surface area contributed by atoms with E-state index >= 15 is 0 Å². The van der Waals surface area contributed by atoms with Gasteiger partial charge in [0, 0.05) is 41.1 Å². The summed E-state index contributed by atoms with van der Waals surface area (Å²) in [4.78, 5) is 34.4. The molecule has 0 saturated carbocycles. The van der Waals surface area contributed by atoms with E-state index in [-0.39, 0.29) is 11.8 Å². The Bertz CT molecular complexity index is 1120. The largest absolute Gasteiger partial charge is 0.352 e. The van der Waals surface area contributed by atoms with Gasteiger partial charge in [0.1, 0.15) is 5.82 Å². The molecule has 0 fully saturated rings. The molecule has 1 aliphatic rings. The molecule has 0 bridgehead atoms. The van der Waals surface area contributed by atoms with E-state index in [1.54, 1.807) is 29.2 Å². The van der Waals surface area contributed by atoms with Gasteiger partial charge in [-0.05, 0) is 52.3 Å². The molecule has 3 aromatic rings. The molecule has 1 aromatic heterocycles. The zero-order valence-electron chi connectivity index (χ0n) is 15.4. The van der Waals surface area contributed by atoms with Crippen molar-refractivity contribution < 1.29 is 9.59 Å². The highest BCUT2D eigenvalue weighted by Gasteiger charge is 2.19. The molecular formula is C21H18BrClN4O2. The standard InChI is InChI=1S/C21H18BrClN4O2/c22-16-11-13(3-5-15(16)21(29)27-9-1-2-10-27)20(28)24-8-7-19-25-17-6-4-14(23)12-18(17)26-19/h1-6,11-12H,7-10H2,(H,24,28)(H,25,26). The fraction of sp³-hybridized carbons (Fsp3) is 0.190. The molecule has 0 radical (unpaired) electrons. The molecule has 2 heterocycles. The minimum Gasteiger partial charge on any atom is -0.352 e. The van der Waals surface area contributed by atoms with Crippen LogP contribution in [0.3, 0.4) is 0 Å². The van der Waals surface area contributed by atoms with Crippen LogP contribution in [-0.4, -0.2) is 46.3 Å². The Morgan fingerprint density at radius 3 is 2.72 bits per heavy atom. The highest BCUT2D eigenvalue weighted by molar-refractivity contribution is 9.10. The maximum atomic E-state index is 12.5. The number of nitrogens with zero attached hydrogens (tertiary/aromatic N) is 2. The second-order valence-electron chi connectivity index (χ2n) is 6.73. The number of aromatic nitrogens is 2. The lowest BCUT2D eigenvalue weighted by Gasteiger charge is -2.16. The Hall–Kier alpha value is -2.64. The zero-order valence-corrected chi connectivity index (χ0v) is 17.8. The van der Waals surface area contributed by atoms with Crippen LogP contribution in [-0.2, 0) is 6.42 Å². The van der Waals surface area contributed by atoms with Gasteiger partial charge in [-0.15, -0.1) is 0 Å². The van der Waals surface area contributed by atoms with Crippen molar-refractivity contribution in [1.82, 2.24) is 20.2 Å². The maximum absolute atomic E-state index is 12.5. The van der Waals surface area contributed by atoms with E-state index in [0.717, 1.165) is 16.9 Å². The molecule has 2 aromatic carbocycles. The lowest BCUT2D eigenvalue weighted by molar-refractivity contribution is 0.0798. The number of hydrogen-bond donors (Lipinski definition) is 2. The van der Waals surface area contributed by atoms with Gasteiger partial charge in [0.2, 0.25) is 0 Å². The van der Waals surface area contributed by atoms with E-state index in [9.17, 15) is 9.59 Å². The predicted octanol–water partition coefficient (Wildman–Crippen LogP) is 3.96. The number of nitrogens with one attached hydrogen (secondary N) is 2. The predicted molar refractivity (Wildman–Crippen MR) is 116 cm³/mol. The molecule has 2 amide bonds. The van der Waals surface area contributed by atoms with Crippen LogP contribution >= 0.6 is 27.5 Å². The monoisotopic (exact) mass is 472 g/mol. The Kier molecular flexibility index (Phi) is 5.69. The fourth-order valence-corrected chi connectivity index (χ4v) is 3.91. The lowest BCUT2D eigenvalue weighted by atomic mass is 10.1. The van der Waals surface area contributed by atoms with Crippen LogP contribution in [0.2, 0.25) is 5.02 Å². The fourth-order valence-electron chi connectivity index (χ4n) is 3.19. The summed E-state index contributed by atoms with van der Waals surface area (Å²) in [6, 6.07) is 10.5. The van der Waals surface area contributed by atoms with E-state index in [0.29, 0.717) is 46.7 Å². The summed E-state index contributed by atoms with van der Waals surface area (Å²) in [7, 11) is 0. The minimum atomic E-state index is -0.202. The van der Waals surface area contributed by atoms with Crippen molar-refractivity contribution in [2.45, 2.75) is 6.42 Å². The molecule has 0 spiro atoms. The molecule has 0 unspecified atom stereocenters. The van der Waals surface area contributed by atoms with E-state index in [4.69, 9.17) is 11.6 Å². The van der Waals surface area contributed by atoms with Crippen molar-refractivity contribution in [3.05, 3.63) is 75.0 Å². The lowest BCUT2D eigenvalue weighted by Crippen LogP contribution is -2.29. The number of carbonyl (C=O) groups excluding carboxylic acids is 2. The first-order chi connectivity index (χ1) is 14.0. The van der Waals surface area contributed by atoms with Crippen molar-refractivity contribution in [3.8, 4) is 0 Å². The summed E-state index contributed by atoms with van der Waals surface area (Å²) in [6.07, 6.45) is 4.49. The number of imidazole rings is 1. The van der Waals surface area contributed by atoms with Crippen molar-refractivity contribution in [2.75, 3.05) is 19.6 Å². The van der Waals surface area contributed by atoms with Gasteiger partial charge < -0.3 is 15.2 Å². The first kappa shape index (κ1) is 19.7. The highest BCUT2D eigenvalue weighted by Crippen LogP contribution is 2.21. The number of carbonyl (C=O) groups is 2. The Morgan fingerprint density at radius 1 is 1.17 bits per heavy atom. The number of fused-ring (bicyclic) bond motifs is 1. The van der Waals surface area contributed by atoms with Crippen molar-refractivity contribution in [1.29, 1.82) is 0 Å². The average molecular weight is 474 g/mol. The third-order valence-electron chi connectivity index (χ3n) is 4.71. The summed E-state index contributed by atoms with van der Waals surface area (Å²) in [5, 5.41) is 3.53. The number of aromatic amines is 1. The van der Waals surface area contributed by atoms with Gasteiger partial charge in [-0.25, -0.2) is 4.98 Å². The van der Waals surface area contributed by atoms with Gasteiger partial charge in [-0.3, -0.25) is 9.59 Å². The minimum absolute atomic E-state index is 0.0566. The van der Waals surface area contributed by atoms with Crippen molar-refractivity contribution in [2.24, 2.45) is 0 Å². The van der Waals surface area contributed by atoms with E-state index in [1.807, 2.05) is 24.3 Å². The number of rotatable bonds is 5. The number of halogens is 2. The summed E-state index contributed by atoms with van der Waals surface area (Å²) < 4.78 is 0.608. The summed E-state index contributed by atoms with van der Waals surface area (Å²) in [5.74, 6) is 0.523. The molecule has 4 rings (SSSR count). The van der Waals surface area contributed by atoms with Crippen molar-refractivity contribution in [3.63, 3.8) is 0 Å². The quantitative estimate of drug-likeness (QED) is 0.551. The Labute approximate surface area is 181 Å². The van der Waals surface area contributed by atoms with Gasteiger partial charge in [-0.1, -0.05) is 23.8 Å². The first-order valence-electron chi connectivity index (χ1n) is 9.17. The van der Waals surface area contributed by atoms with Crippen LogP contribution in [0.1, 0.15) is 26.5 Å². The molecule has 0 aliphatic carbocycles. The molecule has 1 aliphatic heterocycles. The molecule has 6 nitrogen and oxygen atoms in total. The first-order valence-corrected chi connectivity index (χ1v) is 10.3. The summed E-state index contributed by atoms with van der Waals surface area (Å²) in [6.45, 7) is 1.66. The topological polar surface area (TPSA) is 78.1 Å². The molecule has 2 N–H and O–H groups in total. The second kappa shape index (κ2) is 8.39. The SMILES string of the molecule is O=C(NCCc1nc2ccc(Cl)cc2[nH]1)c1ccc(C(=O)N2CC=CC2)c(Br)c1. The van der Waals surface area contributed by atoms with Crippen LogP contribution in [0.4, 0.5) is 0 Å². The molecule has 0 saturated heterocycles. The van der Waals surface area contributed by atoms with Crippen LogP contribution in [0, 0.1) is 0 Å². The smallest absolute Gasteiger partial charge is 0.255 e. The summed E-state index contributed by atoms with van der Waals surface area (Å²) >= 11 is 9.41. The van der Waals surface area contributed by atoms with Gasteiger partial charge in [0.15, 0.2) is 0 Å². The van der Waals surface area contributed by atoms with E-state index in [1.165, 1.54) is 0 Å². The third kappa shape index (κ3) is 4.36. The maximum Gasteiger partial charge on any atom is 0.255 e. The normalized spacial score (nSPS) is 13.2. The van der Waals surface area contributed by atoms with E-state index < -0.39 is 0 Å². The average Bonchev–Trinajstić information content (AvgIpc) is 3.36.